The molecular weight excluding hydrogens is 228 g/mol. The van der Waals surface area contributed by atoms with Gasteiger partial charge in [0.2, 0.25) is 0 Å². The summed E-state index contributed by atoms with van der Waals surface area (Å²) in [6.45, 7) is 8.09. The molecule has 1 N–H and O–H groups in total. The summed E-state index contributed by atoms with van der Waals surface area (Å²) in [5.74, 6) is 3.08. The van der Waals surface area contributed by atoms with Crippen molar-refractivity contribution < 1.29 is 9.15 Å². The minimum absolute atomic E-state index is 0.503. The molecule has 2 rings (SSSR count). The Morgan fingerprint density at radius 1 is 1.39 bits per heavy atom. The van der Waals surface area contributed by atoms with E-state index in [0.29, 0.717) is 11.8 Å². The SMILES string of the molecule is CC(C)CNCCc1ncc(C2CCOCC2)o1. The maximum absolute atomic E-state index is 5.82. The van der Waals surface area contributed by atoms with E-state index in [1.807, 2.05) is 6.20 Å². The van der Waals surface area contributed by atoms with Crippen molar-refractivity contribution >= 4 is 0 Å². The van der Waals surface area contributed by atoms with Crippen molar-refractivity contribution in [2.24, 2.45) is 5.92 Å². The lowest BCUT2D eigenvalue weighted by Gasteiger charge is -2.19. The molecule has 4 heteroatoms. The van der Waals surface area contributed by atoms with Crippen molar-refractivity contribution in [3.05, 3.63) is 17.8 Å². The van der Waals surface area contributed by atoms with E-state index in [1.54, 1.807) is 0 Å². The second kappa shape index (κ2) is 6.90. The van der Waals surface area contributed by atoms with Gasteiger partial charge in [0.25, 0.3) is 0 Å². The first-order valence-corrected chi connectivity index (χ1v) is 6.98. The van der Waals surface area contributed by atoms with E-state index in [4.69, 9.17) is 9.15 Å². The zero-order chi connectivity index (χ0) is 12.8. The second-order valence-electron chi connectivity index (χ2n) is 5.39. The van der Waals surface area contributed by atoms with Crippen LogP contribution in [0.4, 0.5) is 0 Å². The molecule has 1 aliphatic heterocycles. The predicted molar refractivity (Wildman–Crippen MR) is 70.7 cm³/mol. The first-order valence-electron chi connectivity index (χ1n) is 6.98. The van der Waals surface area contributed by atoms with Gasteiger partial charge < -0.3 is 14.5 Å². The molecule has 1 aromatic heterocycles. The fraction of sp³-hybridized carbons (Fsp3) is 0.786. The Morgan fingerprint density at radius 3 is 2.89 bits per heavy atom. The largest absolute Gasteiger partial charge is 0.445 e. The topological polar surface area (TPSA) is 47.3 Å². The van der Waals surface area contributed by atoms with Crippen molar-refractivity contribution in [2.75, 3.05) is 26.3 Å². The van der Waals surface area contributed by atoms with Crippen LogP contribution in [0.2, 0.25) is 0 Å². The zero-order valence-corrected chi connectivity index (χ0v) is 11.4. The van der Waals surface area contributed by atoms with Gasteiger partial charge >= 0.3 is 0 Å². The Kier molecular flexibility index (Phi) is 5.20. The first kappa shape index (κ1) is 13.6. The highest BCUT2D eigenvalue weighted by Crippen LogP contribution is 2.27. The molecule has 0 bridgehead atoms. The molecular formula is C14H24N2O2. The lowest BCUT2D eigenvalue weighted by atomic mass is 9.98. The Bertz CT molecular complexity index is 343. The molecule has 0 spiro atoms. The third-order valence-corrected chi connectivity index (χ3v) is 3.26. The van der Waals surface area contributed by atoms with Crippen LogP contribution in [0, 0.1) is 5.92 Å². The minimum Gasteiger partial charge on any atom is -0.445 e. The van der Waals surface area contributed by atoms with E-state index in [-0.39, 0.29) is 0 Å². The van der Waals surface area contributed by atoms with Crippen molar-refractivity contribution in [2.45, 2.75) is 39.0 Å². The van der Waals surface area contributed by atoms with Crippen molar-refractivity contribution in [3.63, 3.8) is 0 Å². The number of rotatable bonds is 6. The van der Waals surface area contributed by atoms with E-state index in [2.05, 4.69) is 24.1 Å². The summed E-state index contributed by atoms with van der Waals surface area (Å²) in [6.07, 6.45) is 4.88. The van der Waals surface area contributed by atoms with Crippen LogP contribution in [0.5, 0.6) is 0 Å². The van der Waals surface area contributed by atoms with Gasteiger partial charge in [-0.05, 0) is 25.3 Å². The van der Waals surface area contributed by atoms with Gasteiger partial charge in [-0.15, -0.1) is 0 Å². The van der Waals surface area contributed by atoms with Gasteiger partial charge in [-0.1, -0.05) is 13.8 Å². The molecule has 0 aliphatic carbocycles. The highest BCUT2D eigenvalue weighted by atomic mass is 16.5. The molecule has 0 unspecified atom stereocenters. The van der Waals surface area contributed by atoms with E-state index < -0.39 is 0 Å². The zero-order valence-electron chi connectivity index (χ0n) is 11.4. The lowest BCUT2D eigenvalue weighted by molar-refractivity contribution is 0.0804. The van der Waals surface area contributed by atoms with Crippen LogP contribution in [0.25, 0.3) is 0 Å². The van der Waals surface area contributed by atoms with Gasteiger partial charge in [0.1, 0.15) is 5.76 Å². The van der Waals surface area contributed by atoms with Crippen molar-refractivity contribution in [1.29, 1.82) is 0 Å². The first-order chi connectivity index (χ1) is 8.75. The Balaban J connectivity index is 1.75. The van der Waals surface area contributed by atoms with E-state index in [9.17, 15) is 0 Å². The lowest BCUT2D eigenvalue weighted by Crippen LogP contribution is -2.22. The van der Waals surface area contributed by atoms with Crippen LogP contribution in [-0.4, -0.2) is 31.3 Å². The van der Waals surface area contributed by atoms with Crippen LogP contribution in [0.1, 0.15) is 44.3 Å². The van der Waals surface area contributed by atoms with Crippen LogP contribution >= 0.6 is 0 Å². The molecule has 2 heterocycles. The van der Waals surface area contributed by atoms with Crippen molar-refractivity contribution in [1.82, 2.24) is 10.3 Å². The van der Waals surface area contributed by atoms with E-state index >= 15 is 0 Å². The number of hydrogen-bond donors (Lipinski definition) is 1. The third-order valence-electron chi connectivity index (χ3n) is 3.26. The maximum atomic E-state index is 5.82. The molecule has 1 saturated heterocycles. The molecule has 0 amide bonds. The van der Waals surface area contributed by atoms with Gasteiger partial charge in [-0.2, -0.15) is 0 Å². The molecule has 0 aromatic carbocycles. The van der Waals surface area contributed by atoms with Gasteiger partial charge in [0.05, 0.1) is 6.20 Å². The number of hydrogen-bond acceptors (Lipinski definition) is 4. The molecule has 102 valence electrons. The molecule has 0 radical (unpaired) electrons. The van der Waals surface area contributed by atoms with Crippen LogP contribution in [-0.2, 0) is 11.2 Å². The normalized spacial score (nSPS) is 17.5. The number of aromatic nitrogens is 1. The van der Waals surface area contributed by atoms with Crippen LogP contribution < -0.4 is 5.32 Å². The van der Waals surface area contributed by atoms with Gasteiger partial charge in [-0.3, -0.25) is 0 Å². The molecule has 1 aliphatic rings. The summed E-state index contributed by atoms with van der Waals surface area (Å²) >= 11 is 0. The van der Waals surface area contributed by atoms with Crippen LogP contribution in [0.3, 0.4) is 0 Å². The summed E-state index contributed by atoms with van der Waals surface area (Å²) in [5, 5.41) is 3.40. The van der Waals surface area contributed by atoms with Gasteiger partial charge in [-0.25, -0.2) is 4.98 Å². The molecule has 0 atom stereocenters. The third kappa shape index (κ3) is 4.10. The average molecular weight is 252 g/mol. The summed E-state index contributed by atoms with van der Waals surface area (Å²) in [6, 6.07) is 0. The number of ether oxygens (including phenoxy) is 1. The Morgan fingerprint density at radius 2 is 2.17 bits per heavy atom. The monoisotopic (exact) mass is 252 g/mol. The number of nitrogens with one attached hydrogen (secondary N) is 1. The number of oxazole rings is 1. The second-order valence-corrected chi connectivity index (χ2v) is 5.39. The summed E-state index contributed by atoms with van der Waals surface area (Å²) < 4.78 is 11.2. The quantitative estimate of drug-likeness (QED) is 0.790. The number of nitrogens with zero attached hydrogens (tertiary/aromatic N) is 1. The van der Waals surface area contributed by atoms with Gasteiger partial charge in [0.15, 0.2) is 5.89 Å². The Hall–Kier alpha value is -0.870. The standard InChI is InChI=1S/C14H24N2O2/c1-11(2)9-15-6-3-14-16-10-13(18-14)12-4-7-17-8-5-12/h10-12,15H,3-9H2,1-2H3. The smallest absolute Gasteiger partial charge is 0.195 e. The summed E-state index contributed by atoms with van der Waals surface area (Å²) in [7, 11) is 0. The maximum Gasteiger partial charge on any atom is 0.195 e. The predicted octanol–water partition coefficient (Wildman–Crippen LogP) is 2.36. The molecule has 18 heavy (non-hydrogen) atoms. The molecule has 1 fully saturated rings. The van der Waals surface area contributed by atoms with Crippen molar-refractivity contribution in [3.8, 4) is 0 Å². The van der Waals surface area contributed by atoms with Crippen LogP contribution in [0.15, 0.2) is 10.6 Å². The molecule has 4 nitrogen and oxygen atoms in total. The fourth-order valence-electron chi connectivity index (χ4n) is 2.20. The van der Waals surface area contributed by atoms with Gasteiger partial charge in [0, 0.05) is 32.1 Å². The highest BCUT2D eigenvalue weighted by molar-refractivity contribution is 5.03. The summed E-state index contributed by atoms with van der Waals surface area (Å²) in [5.41, 5.74) is 0. The molecule has 1 aromatic rings. The van der Waals surface area contributed by atoms with E-state index in [1.165, 1.54) is 0 Å². The fourth-order valence-corrected chi connectivity index (χ4v) is 2.20. The highest BCUT2D eigenvalue weighted by Gasteiger charge is 2.19. The summed E-state index contributed by atoms with van der Waals surface area (Å²) in [4.78, 5) is 4.36. The minimum atomic E-state index is 0.503. The Labute approximate surface area is 109 Å². The average Bonchev–Trinajstić information content (AvgIpc) is 2.84. The molecule has 0 saturated carbocycles. The van der Waals surface area contributed by atoms with E-state index in [0.717, 1.165) is 57.2 Å².